The Morgan fingerprint density at radius 3 is 2.91 bits per heavy atom. The number of rotatable bonds is 2. The molecule has 0 aromatic heterocycles. The van der Waals surface area contributed by atoms with Gasteiger partial charge in [0.15, 0.2) is 5.88 Å². The van der Waals surface area contributed by atoms with E-state index >= 15 is 0 Å². The molecule has 0 radical (unpaired) electrons. The SMILES string of the molecule is COC1=CC=NCN1B(O)O. The minimum atomic E-state index is -1.56. The Morgan fingerprint density at radius 2 is 2.45 bits per heavy atom. The lowest BCUT2D eigenvalue weighted by molar-refractivity contribution is 0.174. The smallest absolute Gasteiger partial charge is 0.483 e. The minimum absolute atomic E-state index is 0.206. The third kappa shape index (κ3) is 1.72. The van der Waals surface area contributed by atoms with Crippen LogP contribution in [0.3, 0.4) is 0 Å². The fourth-order valence-electron chi connectivity index (χ4n) is 0.789. The molecular weight excluding hydrogens is 147 g/mol. The van der Waals surface area contributed by atoms with Gasteiger partial charge in [-0.25, -0.2) is 0 Å². The average molecular weight is 156 g/mol. The maximum Gasteiger partial charge on any atom is 0.591 e. The van der Waals surface area contributed by atoms with Crippen molar-refractivity contribution < 1.29 is 14.8 Å². The van der Waals surface area contributed by atoms with Crippen molar-refractivity contribution in [2.45, 2.75) is 0 Å². The molecule has 0 unspecified atom stereocenters. The monoisotopic (exact) mass is 156 g/mol. The number of methoxy groups -OCH3 is 1. The molecule has 0 bridgehead atoms. The van der Waals surface area contributed by atoms with Crippen LogP contribution in [-0.2, 0) is 4.74 Å². The van der Waals surface area contributed by atoms with Gasteiger partial charge in [0.25, 0.3) is 0 Å². The molecule has 0 amide bonds. The molecule has 0 saturated carbocycles. The molecule has 6 heteroatoms. The molecule has 0 saturated heterocycles. The van der Waals surface area contributed by atoms with Crippen molar-refractivity contribution >= 4 is 13.5 Å². The molecule has 1 aliphatic rings. The average Bonchev–Trinajstić information content (AvgIpc) is 2.04. The third-order valence-corrected chi connectivity index (χ3v) is 1.33. The first-order chi connectivity index (χ1) is 5.25. The summed E-state index contributed by atoms with van der Waals surface area (Å²) in [5.41, 5.74) is 0. The fraction of sp³-hybridized carbons (Fsp3) is 0.400. The van der Waals surface area contributed by atoms with Crippen molar-refractivity contribution in [3.8, 4) is 0 Å². The quantitative estimate of drug-likeness (QED) is 0.492. The van der Waals surface area contributed by atoms with Gasteiger partial charge in [0.2, 0.25) is 0 Å². The number of allylic oxidation sites excluding steroid dienone is 1. The van der Waals surface area contributed by atoms with E-state index < -0.39 is 7.25 Å². The van der Waals surface area contributed by atoms with Crippen molar-refractivity contribution in [3.63, 3.8) is 0 Å². The largest absolute Gasteiger partial charge is 0.591 e. The summed E-state index contributed by atoms with van der Waals surface area (Å²) in [5, 5.41) is 17.5. The van der Waals surface area contributed by atoms with E-state index in [1.54, 1.807) is 12.3 Å². The van der Waals surface area contributed by atoms with Crippen LogP contribution in [0.15, 0.2) is 17.0 Å². The van der Waals surface area contributed by atoms with E-state index in [4.69, 9.17) is 14.8 Å². The highest BCUT2D eigenvalue weighted by Gasteiger charge is 2.24. The van der Waals surface area contributed by atoms with Gasteiger partial charge in [0.1, 0.15) is 6.67 Å². The van der Waals surface area contributed by atoms with Gasteiger partial charge < -0.3 is 19.6 Å². The molecule has 0 aromatic carbocycles. The van der Waals surface area contributed by atoms with Gasteiger partial charge in [0, 0.05) is 12.3 Å². The molecule has 1 aliphatic heterocycles. The molecule has 0 fully saturated rings. The first-order valence-corrected chi connectivity index (χ1v) is 3.12. The maximum atomic E-state index is 8.77. The number of hydrogen-bond acceptors (Lipinski definition) is 5. The number of hydrogen-bond donors (Lipinski definition) is 2. The highest BCUT2D eigenvalue weighted by molar-refractivity contribution is 6.38. The maximum absolute atomic E-state index is 8.77. The molecule has 5 nitrogen and oxygen atoms in total. The van der Waals surface area contributed by atoms with Crippen LogP contribution in [0.4, 0.5) is 0 Å². The third-order valence-electron chi connectivity index (χ3n) is 1.33. The Hall–Kier alpha value is -1.01. The summed E-state index contributed by atoms with van der Waals surface area (Å²) < 4.78 is 4.84. The molecular formula is C5H9BN2O3. The Balaban J connectivity index is 2.67. The normalized spacial score (nSPS) is 16.3. The Bertz CT molecular complexity index is 192. The lowest BCUT2D eigenvalue weighted by Crippen LogP contribution is -2.40. The van der Waals surface area contributed by atoms with Crippen molar-refractivity contribution in [2.24, 2.45) is 4.99 Å². The predicted octanol–water partition coefficient (Wildman–Crippen LogP) is -1.21. The van der Waals surface area contributed by atoms with Crippen LogP contribution in [0, 0.1) is 0 Å². The molecule has 11 heavy (non-hydrogen) atoms. The summed E-state index contributed by atoms with van der Waals surface area (Å²) in [6.07, 6.45) is 3.11. The Kier molecular flexibility index (Phi) is 2.51. The van der Waals surface area contributed by atoms with Crippen LogP contribution in [-0.4, -0.2) is 42.1 Å². The minimum Gasteiger partial charge on any atom is -0.483 e. The highest BCUT2D eigenvalue weighted by Crippen LogP contribution is 2.07. The van der Waals surface area contributed by atoms with Crippen LogP contribution >= 0.6 is 0 Å². The standard InChI is InChI=1S/C5H9BN2O3/c1-11-5-2-3-7-4-8(5)6(9)10/h2-3,9-10H,4H2,1H3. The second-order valence-corrected chi connectivity index (χ2v) is 2.00. The van der Waals surface area contributed by atoms with E-state index in [-0.39, 0.29) is 6.67 Å². The van der Waals surface area contributed by atoms with E-state index in [1.165, 1.54) is 11.9 Å². The van der Waals surface area contributed by atoms with Crippen LogP contribution in [0.2, 0.25) is 0 Å². The van der Waals surface area contributed by atoms with E-state index in [0.717, 1.165) is 0 Å². The summed E-state index contributed by atoms with van der Waals surface area (Å²) in [6, 6.07) is 0. The molecule has 60 valence electrons. The van der Waals surface area contributed by atoms with Crippen molar-refractivity contribution in [3.05, 3.63) is 12.0 Å². The zero-order valence-electron chi connectivity index (χ0n) is 6.14. The number of ether oxygens (including phenoxy) is 1. The van der Waals surface area contributed by atoms with Gasteiger partial charge in [-0.05, 0) is 0 Å². The van der Waals surface area contributed by atoms with Crippen LogP contribution in [0.25, 0.3) is 0 Å². The topological polar surface area (TPSA) is 65.3 Å². The summed E-state index contributed by atoms with van der Waals surface area (Å²) in [7, 11) is -0.0981. The zero-order chi connectivity index (χ0) is 8.27. The Labute approximate surface area is 64.8 Å². The van der Waals surface area contributed by atoms with Gasteiger partial charge in [-0.15, -0.1) is 0 Å². The van der Waals surface area contributed by atoms with Crippen LogP contribution in [0.1, 0.15) is 0 Å². The lowest BCUT2D eigenvalue weighted by Gasteiger charge is -2.24. The van der Waals surface area contributed by atoms with Gasteiger partial charge in [-0.3, -0.25) is 4.99 Å². The second-order valence-electron chi connectivity index (χ2n) is 2.00. The van der Waals surface area contributed by atoms with Gasteiger partial charge in [-0.2, -0.15) is 0 Å². The summed E-state index contributed by atoms with van der Waals surface area (Å²) in [5.74, 6) is 0.398. The van der Waals surface area contributed by atoms with E-state index in [2.05, 4.69) is 4.99 Å². The van der Waals surface area contributed by atoms with Crippen molar-refractivity contribution in [2.75, 3.05) is 13.8 Å². The van der Waals surface area contributed by atoms with Crippen molar-refractivity contribution in [1.29, 1.82) is 0 Å². The molecule has 0 atom stereocenters. The van der Waals surface area contributed by atoms with E-state index in [0.29, 0.717) is 5.88 Å². The van der Waals surface area contributed by atoms with Crippen LogP contribution in [0.5, 0.6) is 0 Å². The zero-order valence-corrected chi connectivity index (χ0v) is 6.14. The molecule has 1 rings (SSSR count). The molecule has 0 aliphatic carbocycles. The first-order valence-electron chi connectivity index (χ1n) is 3.12. The molecule has 0 spiro atoms. The second kappa shape index (κ2) is 3.40. The Morgan fingerprint density at radius 1 is 1.73 bits per heavy atom. The predicted molar refractivity (Wildman–Crippen MR) is 40.5 cm³/mol. The highest BCUT2D eigenvalue weighted by atomic mass is 16.5. The summed E-state index contributed by atoms with van der Waals surface area (Å²) in [4.78, 5) is 5.01. The molecule has 2 N–H and O–H groups in total. The van der Waals surface area contributed by atoms with Gasteiger partial charge >= 0.3 is 7.25 Å². The summed E-state index contributed by atoms with van der Waals surface area (Å²) in [6.45, 7) is 0.206. The molecule has 1 heterocycles. The van der Waals surface area contributed by atoms with Crippen LogP contribution < -0.4 is 0 Å². The van der Waals surface area contributed by atoms with E-state index in [9.17, 15) is 0 Å². The summed E-state index contributed by atoms with van der Waals surface area (Å²) >= 11 is 0. The molecule has 0 aromatic rings. The fourth-order valence-corrected chi connectivity index (χ4v) is 0.789. The number of nitrogens with zero attached hydrogens (tertiary/aromatic N) is 2. The first kappa shape index (κ1) is 8.09. The number of aliphatic imine (C=N–C) groups is 1. The lowest BCUT2D eigenvalue weighted by atomic mass is 10.1. The van der Waals surface area contributed by atoms with E-state index in [1.807, 2.05) is 0 Å². The van der Waals surface area contributed by atoms with Crippen molar-refractivity contribution in [1.82, 2.24) is 4.81 Å². The van der Waals surface area contributed by atoms with Gasteiger partial charge in [-0.1, -0.05) is 0 Å². The van der Waals surface area contributed by atoms with Gasteiger partial charge in [0.05, 0.1) is 7.11 Å².